The van der Waals surface area contributed by atoms with E-state index in [1.165, 1.54) is 24.2 Å². The van der Waals surface area contributed by atoms with E-state index in [4.69, 9.17) is 0 Å². The molecule has 0 saturated heterocycles. The first-order valence-corrected chi connectivity index (χ1v) is 9.02. The van der Waals surface area contributed by atoms with Gasteiger partial charge in [0, 0.05) is 24.6 Å². The van der Waals surface area contributed by atoms with Gasteiger partial charge in [-0.15, -0.1) is 0 Å². The number of thiophene rings is 1. The molecule has 5 nitrogen and oxygen atoms in total. The minimum absolute atomic E-state index is 0.0285. The largest absolute Gasteiger partial charge is 0.377 e. The van der Waals surface area contributed by atoms with Crippen LogP contribution in [0.25, 0.3) is 0 Å². The maximum atomic E-state index is 12.6. The molecule has 0 bridgehead atoms. The highest BCUT2D eigenvalue weighted by atomic mass is 32.1. The van der Waals surface area contributed by atoms with Crippen molar-refractivity contribution in [3.05, 3.63) is 11.1 Å². The molecule has 22 heavy (non-hydrogen) atoms. The summed E-state index contributed by atoms with van der Waals surface area (Å²) in [6, 6.07) is 0. The lowest BCUT2D eigenvalue weighted by Gasteiger charge is -2.14. The summed E-state index contributed by atoms with van der Waals surface area (Å²) in [5.74, 6) is 0.838. The summed E-state index contributed by atoms with van der Waals surface area (Å²) in [5.41, 5.74) is 1.78. The Morgan fingerprint density at radius 1 is 1.23 bits per heavy atom. The van der Waals surface area contributed by atoms with Crippen molar-refractivity contribution in [3.8, 4) is 0 Å². The summed E-state index contributed by atoms with van der Waals surface area (Å²) < 4.78 is 0. The van der Waals surface area contributed by atoms with Gasteiger partial charge in [-0.2, -0.15) is 0 Å². The van der Waals surface area contributed by atoms with E-state index in [0.717, 1.165) is 54.3 Å². The van der Waals surface area contributed by atoms with Crippen LogP contribution >= 0.6 is 11.3 Å². The van der Waals surface area contributed by atoms with E-state index in [-0.39, 0.29) is 17.7 Å². The molecule has 2 saturated carbocycles. The first-order chi connectivity index (χ1) is 10.7. The van der Waals surface area contributed by atoms with Crippen LogP contribution in [-0.4, -0.2) is 24.9 Å². The maximum absolute atomic E-state index is 12.6. The number of anilines is 2. The summed E-state index contributed by atoms with van der Waals surface area (Å²) >= 11 is 1.51. The van der Waals surface area contributed by atoms with E-state index in [9.17, 15) is 9.59 Å². The topological polar surface area (TPSA) is 70.2 Å². The summed E-state index contributed by atoms with van der Waals surface area (Å²) in [6.07, 6.45) is 6.31. The molecular weight excluding hydrogens is 298 g/mol. The van der Waals surface area contributed by atoms with Crippen molar-refractivity contribution < 1.29 is 9.59 Å². The Balaban J connectivity index is 1.58. The Morgan fingerprint density at radius 2 is 2.05 bits per heavy atom. The second-order valence-corrected chi connectivity index (χ2v) is 7.58. The smallest absolute Gasteiger partial charge is 0.254 e. The molecule has 0 aromatic carbocycles. The Bertz CT molecular complexity index is 617. The zero-order chi connectivity index (χ0) is 15.1. The molecule has 2 aliphatic carbocycles. The molecule has 4 rings (SSSR count). The van der Waals surface area contributed by atoms with Gasteiger partial charge in [-0.25, -0.2) is 0 Å². The van der Waals surface area contributed by atoms with Crippen LogP contribution in [-0.2, 0) is 11.2 Å². The Labute approximate surface area is 133 Å². The van der Waals surface area contributed by atoms with Crippen molar-refractivity contribution in [1.29, 1.82) is 0 Å². The summed E-state index contributed by atoms with van der Waals surface area (Å²) in [6.45, 7) is 1.69. The van der Waals surface area contributed by atoms with Crippen LogP contribution in [0.3, 0.4) is 0 Å². The van der Waals surface area contributed by atoms with Crippen molar-refractivity contribution in [2.75, 3.05) is 23.7 Å². The van der Waals surface area contributed by atoms with Crippen molar-refractivity contribution in [1.82, 2.24) is 5.32 Å². The van der Waals surface area contributed by atoms with Crippen LogP contribution in [0, 0.1) is 11.8 Å². The fourth-order valence-electron chi connectivity index (χ4n) is 2.85. The number of amides is 2. The van der Waals surface area contributed by atoms with Gasteiger partial charge in [0.1, 0.15) is 5.00 Å². The van der Waals surface area contributed by atoms with E-state index >= 15 is 0 Å². The van der Waals surface area contributed by atoms with Crippen LogP contribution in [0.1, 0.15) is 48.0 Å². The first-order valence-electron chi connectivity index (χ1n) is 8.21. The quantitative estimate of drug-likeness (QED) is 0.781. The zero-order valence-corrected chi connectivity index (χ0v) is 13.4. The average molecular weight is 319 g/mol. The van der Waals surface area contributed by atoms with Gasteiger partial charge in [0.05, 0.1) is 10.6 Å². The van der Waals surface area contributed by atoms with E-state index < -0.39 is 0 Å². The van der Waals surface area contributed by atoms with E-state index in [1.807, 2.05) is 0 Å². The molecule has 2 heterocycles. The van der Waals surface area contributed by atoms with Crippen LogP contribution in [0.5, 0.6) is 0 Å². The number of rotatable bonds is 5. The second kappa shape index (κ2) is 5.57. The van der Waals surface area contributed by atoms with Crippen molar-refractivity contribution >= 4 is 33.2 Å². The Kier molecular flexibility index (Phi) is 3.56. The number of hydrogen-bond donors (Lipinski definition) is 3. The van der Waals surface area contributed by atoms with Crippen LogP contribution < -0.4 is 16.0 Å². The molecule has 0 unspecified atom stereocenters. The monoisotopic (exact) mass is 319 g/mol. The third kappa shape index (κ3) is 2.84. The third-order valence-corrected chi connectivity index (χ3v) is 5.66. The second-order valence-electron chi connectivity index (χ2n) is 6.56. The van der Waals surface area contributed by atoms with Crippen LogP contribution in [0.15, 0.2) is 0 Å². The van der Waals surface area contributed by atoms with Crippen LogP contribution in [0.2, 0.25) is 0 Å². The zero-order valence-electron chi connectivity index (χ0n) is 12.5. The minimum Gasteiger partial charge on any atom is -0.377 e. The first kappa shape index (κ1) is 14.1. The van der Waals surface area contributed by atoms with Gasteiger partial charge in [-0.1, -0.05) is 11.3 Å². The molecule has 3 aliphatic rings. The summed E-state index contributed by atoms with van der Waals surface area (Å²) in [4.78, 5) is 24.7. The predicted molar refractivity (Wildman–Crippen MR) is 87.5 cm³/mol. The van der Waals surface area contributed by atoms with Crippen LogP contribution in [0.4, 0.5) is 10.0 Å². The highest BCUT2D eigenvalue weighted by Crippen LogP contribution is 2.41. The van der Waals surface area contributed by atoms with Gasteiger partial charge < -0.3 is 16.0 Å². The minimum atomic E-state index is -0.0285. The van der Waals surface area contributed by atoms with Gasteiger partial charge in [0.25, 0.3) is 5.91 Å². The maximum Gasteiger partial charge on any atom is 0.254 e. The summed E-state index contributed by atoms with van der Waals surface area (Å²) in [5, 5.41) is 11.2. The van der Waals surface area contributed by atoms with E-state index in [1.54, 1.807) is 0 Å². The predicted octanol–water partition coefficient (Wildman–Crippen LogP) is 2.59. The van der Waals surface area contributed by atoms with Crippen molar-refractivity contribution in [2.24, 2.45) is 11.8 Å². The number of carbonyl (C=O) groups excluding carboxylic acids is 2. The van der Waals surface area contributed by atoms with E-state index in [2.05, 4.69) is 16.0 Å². The molecule has 0 radical (unpaired) electrons. The molecule has 0 spiro atoms. The molecule has 3 N–H and O–H groups in total. The molecule has 1 aromatic rings. The number of fused-ring (bicyclic) bond motifs is 1. The van der Waals surface area contributed by atoms with Crippen molar-refractivity contribution in [3.63, 3.8) is 0 Å². The highest BCUT2D eigenvalue weighted by Gasteiger charge is 2.33. The van der Waals surface area contributed by atoms with Gasteiger partial charge in [0.2, 0.25) is 5.91 Å². The number of hydrogen-bond acceptors (Lipinski definition) is 4. The number of nitrogens with one attached hydrogen (secondary N) is 3. The lowest BCUT2D eigenvalue weighted by atomic mass is 10.0. The SMILES string of the molecule is O=C(NCC1CC1)c1c(NC(=O)C2CC2)sc2c1CCCN2. The standard InChI is InChI=1S/C16H21N3O2S/c20-13(10-5-6-10)19-16-12(14(21)18-8-9-3-4-9)11-2-1-7-17-15(11)22-16/h9-10,17H,1-8H2,(H,18,21)(H,19,20). The van der Waals surface area contributed by atoms with Gasteiger partial charge >= 0.3 is 0 Å². The molecule has 2 fully saturated rings. The lowest BCUT2D eigenvalue weighted by Crippen LogP contribution is -2.28. The third-order valence-electron chi connectivity index (χ3n) is 4.56. The van der Waals surface area contributed by atoms with E-state index in [0.29, 0.717) is 11.5 Å². The average Bonchev–Trinajstić information content (AvgIpc) is 3.41. The van der Waals surface area contributed by atoms with Gasteiger partial charge in [0.15, 0.2) is 0 Å². The molecule has 118 valence electrons. The fourth-order valence-corrected chi connectivity index (χ4v) is 4.02. The van der Waals surface area contributed by atoms with Gasteiger partial charge in [-0.3, -0.25) is 9.59 Å². The summed E-state index contributed by atoms with van der Waals surface area (Å²) in [7, 11) is 0. The Hall–Kier alpha value is -1.56. The van der Waals surface area contributed by atoms with Gasteiger partial charge in [-0.05, 0) is 44.4 Å². The fraction of sp³-hybridized carbons (Fsp3) is 0.625. The Morgan fingerprint density at radius 3 is 2.77 bits per heavy atom. The number of carbonyl (C=O) groups is 2. The van der Waals surface area contributed by atoms with Crippen molar-refractivity contribution in [2.45, 2.75) is 38.5 Å². The molecular formula is C16H21N3O2S. The molecule has 6 heteroatoms. The molecule has 1 aromatic heterocycles. The molecule has 2 amide bonds. The lowest BCUT2D eigenvalue weighted by molar-refractivity contribution is -0.117. The highest BCUT2D eigenvalue weighted by molar-refractivity contribution is 7.20. The normalized spacial score (nSPS) is 20.0. The molecule has 1 aliphatic heterocycles. The molecule has 0 atom stereocenters.